The van der Waals surface area contributed by atoms with Crippen molar-refractivity contribution in [3.05, 3.63) is 5.82 Å². The van der Waals surface area contributed by atoms with Crippen molar-refractivity contribution in [3.8, 4) is 0 Å². The Kier molecular flexibility index (Phi) is 2.28. The number of hydrogen-bond acceptors (Lipinski definition) is 5. The Labute approximate surface area is 81.2 Å². The van der Waals surface area contributed by atoms with Gasteiger partial charge in [0.2, 0.25) is 11.6 Å². The van der Waals surface area contributed by atoms with Crippen LogP contribution in [0.15, 0.2) is 0 Å². The molecule has 2 atom stereocenters. The second kappa shape index (κ2) is 3.45. The molecule has 1 aromatic rings. The SMILES string of the molecule is CC1CC(C(=O)c2nnn(C)n2)CO1. The Morgan fingerprint density at radius 3 is 2.93 bits per heavy atom. The van der Waals surface area contributed by atoms with Crippen LogP contribution < -0.4 is 0 Å². The third-order valence-corrected chi connectivity index (χ3v) is 2.30. The molecular formula is C8H12N4O2. The number of hydrogen-bond donors (Lipinski definition) is 0. The third kappa shape index (κ3) is 1.65. The maximum Gasteiger partial charge on any atom is 0.240 e. The highest BCUT2D eigenvalue weighted by atomic mass is 16.5. The van der Waals surface area contributed by atoms with E-state index in [1.807, 2.05) is 6.92 Å². The number of ketones is 1. The highest BCUT2D eigenvalue weighted by molar-refractivity contribution is 5.94. The van der Waals surface area contributed by atoms with Gasteiger partial charge < -0.3 is 4.74 Å². The minimum absolute atomic E-state index is 0.0672. The molecular weight excluding hydrogens is 184 g/mol. The third-order valence-electron chi connectivity index (χ3n) is 2.30. The molecule has 0 aromatic carbocycles. The van der Waals surface area contributed by atoms with Gasteiger partial charge in [0.05, 0.1) is 25.7 Å². The number of ether oxygens (including phenoxy) is 1. The molecule has 1 aliphatic heterocycles. The number of aryl methyl sites for hydroxylation is 1. The lowest BCUT2D eigenvalue weighted by molar-refractivity contribution is 0.0867. The molecule has 0 aliphatic carbocycles. The first kappa shape index (κ1) is 9.26. The number of nitrogens with zero attached hydrogens (tertiary/aromatic N) is 4. The maximum atomic E-state index is 11.7. The first-order valence-corrected chi connectivity index (χ1v) is 4.56. The Morgan fingerprint density at radius 2 is 2.43 bits per heavy atom. The summed E-state index contributed by atoms with van der Waals surface area (Å²) in [5.41, 5.74) is 0. The molecule has 1 fully saturated rings. The van der Waals surface area contributed by atoms with E-state index in [2.05, 4.69) is 15.4 Å². The van der Waals surface area contributed by atoms with E-state index in [9.17, 15) is 4.79 Å². The zero-order valence-corrected chi connectivity index (χ0v) is 8.17. The van der Waals surface area contributed by atoms with Crippen LogP contribution in [0.1, 0.15) is 24.0 Å². The summed E-state index contributed by atoms with van der Waals surface area (Å²) < 4.78 is 5.31. The molecule has 6 heteroatoms. The molecule has 0 radical (unpaired) electrons. The topological polar surface area (TPSA) is 69.9 Å². The number of carbonyl (C=O) groups excluding carboxylic acids is 1. The zero-order chi connectivity index (χ0) is 10.1. The molecule has 2 unspecified atom stereocenters. The van der Waals surface area contributed by atoms with E-state index in [1.54, 1.807) is 7.05 Å². The van der Waals surface area contributed by atoms with Crippen molar-refractivity contribution in [2.24, 2.45) is 13.0 Å². The van der Waals surface area contributed by atoms with Gasteiger partial charge in [0.25, 0.3) is 0 Å². The number of Topliss-reactive ketones (excluding diaryl/α,β-unsaturated/α-hetero) is 1. The molecule has 2 rings (SSSR count). The summed E-state index contributed by atoms with van der Waals surface area (Å²) in [4.78, 5) is 13.0. The molecule has 1 saturated heterocycles. The van der Waals surface area contributed by atoms with E-state index in [1.165, 1.54) is 4.80 Å². The van der Waals surface area contributed by atoms with Crippen molar-refractivity contribution in [1.29, 1.82) is 0 Å². The summed E-state index contributed by atoms with van der Waals surface area (Å²) in [7, 11) is 1.64. The second-order valence-electron chi connectivity index (χ2n) is 3.54. The molecule has 0 spiro atoms. The predicted octanol–water partition coefficient (Wildman–Crippen LogP) is -0.182. The highest BCUT2D eigenvalue weighted by Crippen LogP contribution is 2.21. The lowest BCUT2D eigenvalue weighted by atomic mass is 10.0. The Balaban J connectivity index is 2.09. The second-order valence-corrected chi connectivity index (χ2v) is 3.54. The fraction of sp³-hybridized carbons (Fsp3) is 0.750. The van der Waals surface area contributed by atoms with Crippen molar-refractivity contribution in [2.45, 2.75) is 19.4 Å². The van der Waals surface area contributed by atoms with Gasteiger partial charge >= 0.3 is 0 Å². The molecule has 14 heavy (non-hydrogen) atoms. The first-order chi connectivity index (χ1) is 6.66. The number of aromatic nitrogens is 4. The van der Waals surface area contributed by atoms with Crippen LogP contribution in [0.4, 0.5) is 0 Å². The number of rotatable bonds is 2. The monoisotopic (exact) mass is 196 g/mol. The van der Waals surface area contributed by atoms with Gasteiger partial charge in [-0.05, 0) is 18.6 Å². The number of tetrazole rings is 1. The van der Waals surface area contributed by atoms with Gasteiger partial charge in [-0.25, -0.2) is 0 Å². The van der Waals surface area contributed by atoms with Crippen LogP contribution >= 0.6 is 0 Å². The smallest absolute Gasteiger partial charge is 0.240 e. The van der Waals surface area contributed by atoms with Crippen LogP contribution in [-0.4, -0.2) is 38.7 Å². The fourth-order valence-corrected chi connectivity index (χ4v) is 1.57. The van der Waals surface area contributed by atoms with Gasteiger partial charge in [-0.3, -0.25) is 4.79 Å². The molecule has 1 aromatic heterocycles. The van der Waals surface area contributed by atoms with Crippen molar-refractivity contribution in [2.75, 3.05) is 6.61 Å². The largest absolute Gasteiger partial charge is 0.378 e. The van der Waals surface area contributed by atoms with Gasteiger partial charge in [-0.2, -0.15) is 4.80 Å². The average molecular weight is 196 g/mol. The minimum Gasteiger partial charge on any atom is -0.378 e. The molecule has 6 nitrogen and oxygen atoms in total. The summed E-state index contributed by atoms with van der Waals surface area (Å²) in [5.74, 6) is 0.0202. The Morgan fingerprint density at radius 1 is 1.64 bits per heavy atom. The van der Waals surface area contributed by atoms with Crippen LogP contribution in [0.5, 0.6) is 0 Å². The summed E-state index contributed by atoms with van der Waals surface area (Å²) in [6.07, 6.45) is 0.900. The van der Waals surface area contributed by atoms with Crippen LogP contribution in [0, 0.1) is 5.92 Å². The molecule has 0 bridgehead atoms. The minimum atomic E-state index is -0.103. The average Bonchev–Trinajstić information content (AvgIpc) is 2.73. The van der Waals surface area contributed by atoms with Gasteiger partial charge in [0, 0.05) is 0 Å². The quantitative estimate of drug-likeness (QED) is 0.613. The van der Waals surface area contributed by atoms with E-state index < -0.39 is 0 Å². The molecule has 0 N–H and O–H groups in total. The predicted molar refractivity (Wildman–Crippen MR) is 46.6 cm³/mol. The van der Waals surface area contributed by atoms with Crippen molar-refractivity contribution in [1.82, 2.24) is 20.2 Å². The molecule has 0 amide bonds. The summed E-state index contributed by atoms with van der Waals surface area (Å²) in [5, 5.41) is 11.2. The van der Waals surface area contributed by atoms with Crippen LogP contribution in [0.3, 0.4) is 0 Å². The van der Waals surface area contributed by atoms with Crippen molar-refractivity contribution in [3.63, 3.8) is 0 Å². The number of carbonyl (C=O) groups is 1. The van der Waals surface area contributed by atoms with E-state index >= 15 is 0 Å². The summed E-state index contributed by atoms with van der Waals surface area (Å²) in [6.45, 7) is 2.43. The molecule has 0 saturated carbocycles. The lowest BCUT2D eigenvalue weighted by Gasteiger charge is -2.00. The molecule has 76 valence electrons. The normalized spacial score (nSPS) is 26.7. The van der Waals surface area contributed by atoms with Gasteiger partial charge in [-0.1, -0.05) is 0 Å². The standard InChI is InChI=1S/C8H12N4O2/c1-5-3-6(4-14-5)7(13)8-9-11-12(2)10-8/h5-6H,3-4H2,1-2H3. The maximum absolute atomic E-state index is 11.7. The fourth-order valence-electron chi connectivity index (χ4n) is 1.57. The highest BCUT2D eigenvalue weighted by Gasteiger charge is 2.31. The van der Waals surface area contributed by atoms with Crippen LogP contribution in [0.2, 0.25) is 0 Å². The van der Waals surface area contributed by atoms with Gasteiger partial charge in [0.1, 0.15) is 0 Å². The first-order valence-electron chi connectivity index (χ1n) is 4.56. The Bertz CT molecular complexity index is 349. The van der Waals surface area contributed by atoms with E-state index in [0.29, 0.717) is 6.61 Å². The summed E-state index contributed by atoms with van der Waals surface area (Å²) in [6, 6.07) is 0. The van der Waals surface area contributed by atoms with E-state index in [4.69, 9.17) is 4.74 Å². The van der Waals surface area contributed by atoms with Crippen molar-refractivity contribution >= 4 is 5.78 Å². The van der Waals surface area contributed by atoms with Crippen molar-refractivity contribution < 1.29 is 9.53 Å². The summed E-state index contributed by atoms with van der Waals surface area (Å²) >= 11 is 0. The van der Waals surface area contributed by atoms with Gasteiger partial charge in [-0.15, -0.1) is 10.2 Å². The lowest BCUT2D eigenvalue weighted by Crippen LogP contribution is -2.16. The molecule has 1 aliphatic rings. The van der Waals surface area contributed by atoms with E-state index in [-0.39, 0.29) is 23.6 Å². The van der Waals surface area contributed by atoms with Gasteiger partial charge in [0.15, 0.2) is 0 Å². The molecule has 2 heterocycles. The van der Waals surface area contributed by atoms with Crippen LogP contribution in [0.25, 0.3) is 0 Å². The Hall–Kier alpha value is -1.30. The zero-order valence-electron chi connectivity index (χ0n) is 8.17. The van der Waals surface area contributed by atoms with E-state index in [0.717, 1.165) is 6.42 Å². The van der Waals surface area contributed by atoms with Crippen LogP contribution in [-0.2, 0) is 11.8 Å².